The molecule has 1 N–H and O–H groups in total. The van der Waals surface area contributed by atoms with E-state index in [1.54, 1.807) is 19.2 Å². The lowest BCUT2D eigenvalue weighted by atomic mass is 10.0. The quantitative estimate of drug-likeness (QED) is 0.600. The molecule has 2 aromatic rings. The first kappa shape index (κ1) is 18.9. The molecule has 0 saturated heterocycles. The van der Waals surface area contributed by atoms with E-state index in [-0.39, 0.29) is 10.6 Å². The molecular weight excluding hydrogens is 344 g/mol. The van der Waals surface area contributed by atoms with Crippen molar-refractivity contribution in [2.75, 3.05) is 7.11 Å². The van der Waals surface area contributed by atoms with Crippen molar-refractivity contribution in [3.05, 3.63) is 63.7 Å². The summed E-state index contributed by atoms with van der Waals surface area (Å²) in [6.07, 6.45) is 0.528. The van der Waals surface area contributed by atoms with Crippen molar-refractivity contribution in [3.63, 3.8) is 0 Å². The summed E-state index contributed by atoms with van der Waals surface area (Å²) in [5.41, 5.74) is 1.43. The zero-order chi connectivity index (χ0) is 18.6. The van der Waals surface area contributed by atoms with E-state index in [0.717, 1.165) is 22.9 Å². The maximum Gasteiger partial charge on any atom is 0.270 e. The number of nitrogens with zero attached hydrogens (tertiary/aromatic N) is 1. The van der Waals surface area contributed by atoms with E-state index in [2.05, 4.69) is 4.72 Å². The predicted molar refractivity (Wildman–Crippen MR) is 94.2 cm³/mol. The first-order valence-corrected chi connectivity index (χ1v) is 9.18. The Kier molecular flexibility index (Phi) is 5.76. The molecule has 0 aliphatic rings. The van der Waals surface area contributed by atoms with Gasteiger partial charge in [-0.15, -0.1) is 0 Å². The number of benzene rings is 2. The predicted octanol–water partition coefficient (Wildman–Crippen LogP) is 3.34. The van der Waals surface area contributed by atoms with E-state index < -0.39 is 21.0 Å². The van der Waals surface area contributed by atoms with E-state index in [9.17, 15) is 18.5 Å². The van der Waals surface area contributed by atoms with Crippen LogP contribution in [0.2, 0.25) is 0 Å². The van der Waals surface area contributed by atoms with Crippen LogP contribution in [-0.2, 0) is 10.0 Å². The van der Waals surface area contributed by atoms with Crippen LogP contribution in [0.5, 0.6) is 5.75 Å². The van der Waals surface area contributed by atoms with E-state index in [1.807, 2.05) is 19.9 Å². The van der Waals surface area contributed by atoms with Crippen molar-refractivity contribution < 1.29 is 18.1 Å². The maximum atomic E-state index is 12.6. The largest absolute Gasteiger partial charge is 0.496 e. The van der Waals surface area contributed by atoms with Crippen molar-refractivity contribution in [1.82, 2.24) is 4.72 Å². The lowest BCUT2D eigenvalue weighted by Crippen LogP contribution is -2.28. The second-order valence-electron chi connectivity index (χ2n) is 5.57. The topological polar surface area (TPSA) is 98.5 Å². The van der Waals surface area contributed by atoms with Gasteiger partial charge in [0.1, 0.15) is 5.75 Å². The Morgan fingerprint density at radius 3 is 2.52 bits per heavy atom. The molecule has 134 valence electrons. The van der Waals surface area contributed by atoms with Crippen LogP contribution in [-0.4, -0.2) is 20.5 Å². The Morgan fingerprint density at radius 2 is 1.96 bits per heavy atom. The first-order chi connectivity index (χ1) is 11.8. The number of nitro groups is 1. The number of nitrogens with one attached hydrogen (secondary N) is 1. The molecule has 1 atom stereocenters. The monoisotopic (exact) mass is 364 g/mol. The van der Waals surface area contributed by atoms with E-state index in [1.165, 1.54) is 18.2 Å². The first-order valence-electron chi connectivity index (χ1n) is 7.69. The molecule has 0 radical (unpaired) electrons. The molecule has 0 spiro atoms. The minimum Gasteiger partial charge on any atom is -0.496 e. The van der Waals surface area contributed by atoms with Gasteiger partial charge in [0.25, 0.3) is 5.69 Å². The summed E-state index contributed by atoms with van der Waals surface area (Å²) in [6.45, 7) is 3.74. The van der Waals surface area contributed by atoms with Gasteiger partial charge in [0.2, 0.25) is 10.0 Å². The Bertz CT molecular complexity index is 880. The van der Waals surface area contributed by atoms with E-state index in [4.69, 9.17) is 4.74 Å². The number of sulfonamides is 1. The second kappa shape index (κ2) is 7.62. The minimum absolute atomic E-state index is 0.134. The van der Waals surface area contributed by atoms with Gasteiger partial charge in [-0.1, -0.05) is 25.1 Å². The molecule has 0 bridgehead atoms. The van der Waals surface area contributed by atoms with Gasteiger partial charge in [-0.3, -0.25) is 10.1 Å². The number of nitro benzene ring substituents is 1. The van der Waals surface area contributed by atoms with Gasteiger partial charge in [-0.2, -0.15) is 0 Å². The fourth-order valence-electron chi connectivity index (χ4n) is 2.53. The molecule has 0 heterocycles. The molecule has 0 saturated carbocycles. The second-order valence-corrected chi connectivity index (χ2v) is 7.28. The molecule has 2 rings (SSSR count). The van der Waals surface area contributed by atoms with Crippen molar-refractivity contribution in [2.45, 2.75) is 31.2 Å². The van der Waals surface area contributed by atoms with Crippen LogP contribution in [0.1, 0.15) is 30.5 Å². The highest BCUT2D eigenvalue weighted by atomic mass is 32.2. The Labute approximate surface area is 146 Å². The normalized spacial score (nSPS) is 12.6. The van der Waals surface area contributed by atoms with Gasteiger partial charge in [-0.05, 0) is 36.6 Å². The smallest absolute Gasteiger partial charge is 0.270 e. The SMILES string of the molecule is CC[C@H](NS(=O)(=O)c1cccc([N+](=O)[O-])c1)c1ccc(OC)c(C)c1. The molecule has 0 aromatic heterocycles. The third kappa shape index (κ3) is 4.34. The standard InChI is InChI=1S/C17H20N2O5S/c1-4-16(13-8-9-17(24-3)12(2)10-13)18-25(22,23)15-7-5-6-14(11-15)19(20)21/h5-11,16,18H,4H2,1-3H3/t16-/m0/s1. The third-order valence-electron chi connectivity index (χ3n) is 3.87. The lowest BCUT2D eigenvalue weighted by Gasteiger charge is -2.19. The van der Waals surface area contributed by atoms with Crippen molar-refractivity contribution in [1.29, 1.82) is 0 Å². The number of hydrogen-bond donors (Lipinski definition) is 1. The van der Waals surface area contributed by atoms with Gasteiger partial charge in [-0.25, -0.2) is 13.1 Å². The van der Waals surface area contributed by atoms with Gasteiger partial charge in [0.15, 0.2) is 0 Å². The lowest BCUT2D eigenvalue weighted by molar-refractivity contribution is -0.385. The summed E-state index contributed by atoms with van der Waals surface area (Å²) < 4.78 is 33.0. The fraction of sp³-hybridized carbons (Fsp3) is 0.294. The zero-order valence-corrected chi connectivity index (χ0v) is 15.0. The summed E-state index contributed by atoms with van der Waals surface area (Å²) in [5, 5.41) is 10.9. The van der Waals surface area contributed by atoms with Gasteiger partial charge < -0.3 is 4.74 Å². The van der Waals surface area contributed by atoms with Crippen LogP contribution in [0.25, 0.3) is 0 Å². The molecule has 0 unspecified atom stereocenters. The van der Waals surface area contributed by atoms with Gasteiger partial charge in [0.05, 0.1) is 16.9 Å². The van der Waals surface area contributed by atoms with Gasteiger partial charge >= 0.3 is 0 Å². The Morgan fingerprint density at radius 1 is 1.24 bits per heavy atom. The summed E-state index contributed by atoms with van der Waals surface area (Å²) in [4.78, 5) is 10.1. The third-order valence-corrected chi connectivity index (χ3v) is 5.34. The number of hydrogen-bond acceptors (Lipinski definition) is 5. The van der Waals surface area contributed by atoms with Crippen LogP contribution in [0.3, 0.4) is 0 Å². The zero-order valence-electron chi connectivity index (χ0n) is 14.2. The highest BCUT2D eigenvalue weighted by molar-refractivity contribution is 7.89. The molecule has 0 fully saturated rings. The molecule has 2 aromatic carbocycles. The van der Waals surface area contributed by atoms with Crippen molar-refractivity contribution in [2.24, 2.45) is 0 Å². The molecule has 0 aliphatic heterocycles. The van der Waals surface area contributed by atoms with E-state index in [0.29, 0.717) is 6.42 Å². The highest BCUT2D eigenvalue weighted by Crippen LogP contribution is 2.26. The molecule has 0 aliphatic carbocycles. The summed E-state index contributed by atoms with van der Waals surface area (Å²) >= 11 is 0. The maximum absolute atomic E-state index is 12.6. The van der Waals surface area contributed by atoms with Crippen LogP contribution in [0, 0.1) is 17.0 Å². The van der Waals surface area contributed by atoms with Crippen LogP contribution >= 0.6 is 0 Å². The summed E-state index contributed by atoms with van der Waals surface area (Å²) in [6, 6.07) is 9.99. The van der Waals surface area contributed by atoms with Crippen molar-refractivity contribution >= 4 is 15.7 Å². The summed E-state index contributed by atoms with van der Waals surface area (Å²) in [5.74, 6) is 0.722. The van der Waals surface area contributed by atoms with Crippen LogP contribution in [0.4, 0.5) is 5.69 Å². The number of aryl methyl sites for hydroxylation is 1. The van der Waals surface area contributed by atoms with Crippen LogP contribution in [0.15, 0.2) is 47.4 Å². The Hall–Kier alpha value is -2.45. The molecule has 7 nitrogen and oxygen atoms in total. The average molecular weight is 364 g/mol. The molecular formula is C17H20N2O5S. The molecule has 25 heavy (non-hydrogen) atoms. The Balaban J connectivity index is 2.32. The molecule has 0 amide bonds. The highest BCUT2D eigenvalue weighted by Gasteiger charge is 2.22. The van der Waals surface area contributed by atoms with Crippen molar-refractivity contribution in [3.8, 4) is 5.75 Å². The average Bonchev–Trinajstić information content (AvgIpc) is 2.59. The number of rotatable bonds is 7. The van der Waals surface area contributed by atoms with Crippen LogP contribution < -0.4 is 9.46 Å². The van der Waals surface area contributed by atoms with Gasteiger partial charge in [0, 0.05) is 18.2 Å². The number of ether oxygens (including phenoxy) is 1. The number of methoxy groups -OCH3 is 1. The summed E-state index contributed by atoms with van der Waals surface area (Å²) in [7, 11) is -2.32. The minimum atomic E-state index is -3.89. The number of non-ortho nitro benzene ring substituents is 1. The van der Waals surface area contributed by atoms with E-state index >= 15 is 0 Å². The molecule has 8 heteroatoms. The fourth-order valence-corrected chi connectivity index (χ4v) is 3.87.